The van der Waals surface area contributed by atoms with E-state index in [0.717, 1.165) is 16.8 Å². The fourth-order valence-corrected chi connectivity index (χ4v) is 2.46. The molecule has 1 atom stereocenters. The van der Waals surface area contributed by atoms with E-state index in [9.17, 15) is 14.9 Å². The molecule has 2 aromatic rings. The van der Waals surface area contributed by atoms with E-state index in [2.05, 4.69) is 0 Å². The van der Waals surface area contributed by atoms with Crippen LogP contribution in [-0.4, -0.2) is 17.9 Å². The van der Waals surface area contributed by atoms with Gasteiger partial charge in [0.15, 0.2) is 0 Å². The van der Waals surface area contributed by atoms with Gasteiger partial charge in [0, 0.05) is 12.7 Å². The molecular formula is C14H13N3O4. The van der Waals surface area contributed by atoms with E-state index in [1.165, 1.54) is 12.1 Å². The van der Waals surface area contributed by atoms with Crippen LogP contribution in [0.3, 0.4) is 0 Å². The first-order chi connectivity index (χ1) is 9.97. The van der Waals surface area contributed by atoms with Crippen molar-refractivity contribution < 1.29 is 14.1 Å². The van der Waals surface area contributed by atoms with Crippen molar-refractivity contribution in [2.45, 2.75) is 12.5 Å². The zero-order chi connectivity index (χ0) is 15.1. The largest absolute Gasteiger partial charge is 0.433 e. The predicted molar refractivity (Wildman–Crippen MR) is 74.9 cm³/mol. The average molecular weight is 287 g/mol. The summed E-state index contributed by atoms with van der Waals surface area (Å²) in [5, 5.41) is 10.6. The number of nitrogens with two attached hydrogens (primary N) is 1. The smallest absolute Gasteiger partial charge is 0.404 e. The number of anilines is 1. The molecule has 21 heavy (non-hydrogen) atoms. The van der Waals surface area contributed by atoms with Crippen molar-refractivity contribution in [1.29, 1.82) is 0 Å². The SMILES string of the molecule is CN1C(=O)Cc2cc(C(N)c3ccc([N+](=O)[O-])o3)ccc21. The summed E-state index contributed by atoms with van der Waals surface area (Å²) < 4.78 is 5.12. The Morgan fingerprint density at radius 3 is 2.81 bits per heavy atom. The number of amides is 1. The number of fused-ring (bicyclic) bond motifs is 1. The Hall–Kier alpha value is -2.67. The van der Waals surface area contributed by atoms with E-state index >= 15 is 0 Å². The Balaban J connectivity index is 1.92. The van der Waals surface area contributed by atoms with Gasteiger partial charge in [0.1, 0.15) is 10.7 Å². The maximum atomic E-state index is 11.7. The maximum Gasteiger partial charge on any atom is 0.433 e. The van der Waals surface area contributed by atoms with Gasteiger partial charge in [0.2, 0.25) is 5.91 Å². The first-order valence-electron chi connectivity index (χ1n) is 6.36. The van der Waals surface area contributed by atoms with Crippen LogP contribution in [-0.2, 0) is 11.2 Å². The Labute approximate surface area is 120 Å². The molecule has 1 aliphatic rings. The molecule has 0 saturated heterocycles. The van der Waals surface area contributed by atoms with E-state index < -0.39 is 11.0 Å². The zero-order valence-electron chi connectivity index (χ0n) is 11.3. The van der Waals surface area contributed by atoms with E-state index in [1.807, 2.05) is 12.1 Å². The molecular weight excluding hydrogens is 274 g/mol. The summed E-state index contributed by atoms with van der Waals surface area (Å²) in [4.78, 5) is 23.3. The topological polar surface area (TPSA) is 103 Å². The Bertz CT molecular complexity index is 738. The van der Waals surface area contributed by atoms with Gasteiger partial charge in [-0.3, -0.25) is 14.9 Å². The van der Waals surface area contributed by atoms with Gasteiger partial charge in [-0.05, 0) is 23.3 Å². The minimum Gasteiger partial charge on any atom is -0.404 e. The van der Waals surface area contributed by atoms with Gasteiger partial charge in [-0.15, -0.1) is 0 Å². The van der Waals surface area contributed by atoms with Crippen molar-refractivity contribution >= 4 is 17.5 Å². The van der Waals surface area contributed by atoms with Crippen molar-refractivity contribution in [2.24, 2.45) is 5.73 Å². The number of hydrogen-bond acceptors (Lipinski definition) is 5. The number of nitrogens with zero attached hydrogens (tertiary/aromatic N) is 2. The summed E-state index contributed by atoms with van der Waals surface area (Å²) in [5.41, 5.74) is 8.59. The van der Waals surface area contributed by atoms with Gasteiger partial charge in [-0.25, -0.2) is 0 Å². The number of nitro groups is 1. The van der Waals surface area contributed by atoms with Gasteiger partial charge in [0.05, 0.1) is 18.5 Å². The van der Waals surface area contributed by atoms with Crippen LogP contribution in [0, 0.1) is 10.1 Å². The van der Waals surface area contributed by atoms with Crippen LogP contribution in [0.4, 0.5) is 11.6 Å². The third-order valence-corrected chi connectivity index (χ3v) is 3.64. The number of furan rings is 1. The molecule has 0 bridgehead atoms. The third kappa shape index (κ3) is 2.17. The second kappa shape index (κ2) is 4.71. The summed E-state index contributed by atoms with van der Waals surface area (Å²) in [7, 11) is 1.73. The van der Waals surface area contributed by atoms with Gasteiger partial charge in [0.25, 0.3) is 0 Å². The Morgan fingerprint density at radius 2 is 2.14 bits per heavy atom. The standard InChI is InChI=1S/C14H13N3O4/c1-16-10-3-2-8(6-9(10)7-12(16)18)14(15)11-4-5-13(21-11)17(19)20/h2-6,14H,7,15H2,1H3. The minimum atomic E-state index is -0.606. The lowest BCUT2D eigenvalue weighted by Crippen LogP contribution is -2.20. The molecule has 0 fully saturated rings. The second-order valence-corrected chi connectivity index (χ2v) is 4.93. The number of benzene rings is 1. The van der Waals surface area contributed by atoms with Crippen LogP contribution in [0.15, 0.2) is 34.7 Å². The van der Waals surface area contributed by atoms with Crippen LogP contribution in [0.25, 0.3) is 0 Å². The van der Waals surface area contributed by atoms with Crippen molar-refractivity contribution in [2.75, 3.05) is 11.9 Å². The number of carbonyl (C=O) groups excluding carboxylic acids is 1. The highest BCUT2D eigenvalue weighted by atomic mass is 16.6. The summed E-state index contributed by atoms with van der Waals surface area (Å²) >= 11 is 0. The molecule has 1 amide bonds. The van der Waals surface area contributed by atoms with Gasteiger partial charge < -0.3 is 15.1 Å². The fraction of sp³-hybridized carbons (Fsp3) is 0.214. The molecule has 1 aromatic heterocycles. The van der Waals surface area contributed by atoms with Crippen molar-refractivity contribution in [3.8, 4) is 0 Å². The van der Waals surface area contributed by atoms with Crippen molar-refractivity contribution in [3.63, 3.8) is 0 Å². The lowest BCUT2D eigenvalue weighted by atomic mass is 10.0. The third-order valence-electron chi connectivity index (χ3n) is 3.64. The summed E-state index contributed by atoms with van der Waals surface area (Å²) in [6, 6.07) is 7.63. The van der Waals surface area contributed by atoms with Crippen molar-refractivity contribution in [3.05, 3.63) is 57.3 Å². The lowest BCUT2D eigenvalue weighted by Gasteiger charge is -2.13. The molecule has 0 aliphatic carbocycles. The van der Waals surface area contributed by atoms with Crippen LogP contribution in [0.1, 0.15) is 22.9 Å². The van der Waals surface area contributed by atoms with Gasteiger partial charge >= 0.3 is 5.88 Å². The molecule has 1 unspecified atom stereocenters. The summed E-state index contributed by atoms with van der Waals surface area (Å²) in [6.45, 7) is 0. The minimum absolute atomic E-state index is 0.0318. The van der Waals surface area contributed by atoms with E-state index in [-0.39, 0.29) is 11.8 Å². The monoisotopic (exact) mass is 287 g/mol. The summed E-state index contributed by atoms with van der Waals surface area (Å²) in [5.74, 6) is 0.0141. The molecule has 1 aromatic carbocycles. The molecule has 7 nitrogen and oxygen atoms in total. The molecule has 3 rings (SSSR count). The van der Waals surface area contributed by atoms with Crippen LogP contribution in [0.2, 0.25) is 0 Å². The molecule has 0 spiro atoms. The molecule has 2 heterocycles. The van der Waals surface area contributed by atoms with Crippen molar-refractivity contribution in [1.82, 2.24) is 0 Å². The highest BCUT2D eigenvalue weighted by Gasteiger charge is 2.25. The normalized spacial score (nSPS) is 15.1. The zero-order valence-corrected chi connectivity index (χ0v) is 11.3. The molecule has 108 valence electrons. The number of rotatable bonds is 3. The highest BCUT2D eigenvalue weighted by Crippen LogP contribution is 2.32. The Kier molecular flexibility index (Phi) is 2.99. The number of hydrogen-bond donors (Lipinski definition) is 1. The lowest BCUT2D eigenvalue weighted by molar-refractivity contribution is -0.402. The van der Waals surface area contributed by atoms with E-state index in [4.69, 9.17) is 10.2 Å². The van der Waals surface area contributed by atoms with E-state index in [0.29, 0.717) is 12.2 Å². The quantitative estimate of drug-likeness (QED) is 0.684. The maximum absolute atomic E-state index is 11.7. The number of likely N-dealkylation sites (N-methyl/N-ethyl adjacent to an activating group) is 1. The molecule has 0 saturated carbocycles. The fourth-order valence-electron chi connectivity index (χ4n) is 2.46. The molecule has 0 radical (unpaired) electrons. The first kappa shape index (κ1) is 13.3. The van der Waals surface area contributed by atoms with E-state index in [1.54, 1.807) is 18.0 Å². The second-order valence-electron chi connectivity index (χ2n) is 4.93. The Morgan fingerprint density at radius 1 is 1.38 bits per heavy atom. The highest BCUT2D eigenvalue weighted by molar-refractivity contribution is 6.00. The predicted octanol–water partition coefficient (Wildman–Crippen LogP) is 1.75. The van der Waals surface area contributed by atoms with Crippen LogP contribution >= 0.6 is 0 Å². The summed E-state index contributed by atoms with van der Waals surface area (Å²) in [6.07, 6.45) is 0.338. The molecule has 2 N–H and O–H groups in total. The first-order valence-corrected chi connectivity index (χ1v) is 6.36. The van der Waals surface area contributed by atoms with Gasteiger partial charge in [-0.1, -0.05) is 12.1 Å². The van der Waals surface area contributed by atoms with Gasteiger partial charge in [-0.2, -0.15) is 0 Å². The molecule has 1 aliphatic heterocycles. The number of carbonyl (C=O) groups is 1. The molecule has 7 heteroatoms. The van der Waals surface area contributed by atoms with Crippen LogP contribution in [0.5, 0.6) is 0 Å². The van der Waals surface area contributed by atoms with Crippen LogP contribution < -0.4 is 10.6 Å². The average Bonchev–Trinajstić information content (AvgIpc) is 3.04.